The minimum Gasteiger partial charge on any atom is -0.445 e. The number of rotatable bonds is 4. The van der Waals surface area contributed by atoms with E-state index in [4.69, 9.17) is 4.74 Å². The molecule has 34 heavy (non-hydrogen) atoms. The second-order valence-corrected chi connectivity index (χ2v) is 12.9. The van der Waals surface area contributed by atoms with Crippen molar-refractivity contribution in [2.45, 2.75) is 103 Å². The zero-order valence-electron chi connectivity index (χ0n) is 22.6. The molecule has 4 nitrogen and oxygen atoms in total. The molecule has 2 atom stereocenters. The molecule has 0 aromatic heterocycles. The van der Waals surface area contributed by atoms with E-state index in [1.807, 2.05) is 20.8 Å². The highest BCUT2D eigenvalue weighted by molar-refractivity contribution is 5.68. The van der Waals surface area contributed by atoms with Gasteiger partial charge >= 0.3 is 6.09 Å². The van der Waals surface area contributed by atoms with Gasteiger partial charge in [0.25, 0.3) is 0 Å². The second-order valence-electron chi connectivity index (χ2n) is 12.9. The fraction of sp³-hybridized carbons (Fsp3) is 0.567. The van der Waals surface area contributed by atoms with Crippen molar-refractivity contribution in [1.82, 2.24) is 10.6 Å². The van der Waals surface area contributed by atoms with Crippen LogP contribution < -0.4 is 10.6 Å². The van der Waals surface area contributed by atoms with Crippen molar-refractivity contribution < 1.29 is 9.53 Å². The number of carbonyl (C=O) groups excluding carboxylic acids is 1. The lowest BCUT2D eigenvalue weighted by Gasteiger charge is -2.27. The summed E-state index contributed by atoms with van der Waals surface area (Å²) in [5.74, 6) is 0.183. The van der Waals surface area contributed by atoms with Gasteiger partial charge in [-0.05, 0) is 53.9 Å². The molecule has 0 spiro atoms. The van der Waals surface area contributed by atoms with E-state index >= 15 is 0 Å². The van der Waals surface area contributed by atoms with E-state index in [2.05, 4.69) is 101 Å². The summed E-state index contributed by atoms with van der Waals surface area (Å²) in [6.45, 7) is 20.0. The summed E-state index contributed by atoms with van der Waals surface area (Å²) in [5, 5.41) is 6.56. The van der Waals surface area contributed by atoms with Crippen LogP contribution in [-0.4, -0.2) is 30.3 Å². The summed E-state index contributed by atoms with van der Waals surface area (Å²) in [6, 6.07) is 18.3. The van der Waals surface area contributed by atoms with E-state index < -0.39 is 0 Å². The van der Waals surface area contributed by atoms with Crippen LogP contribution in [-0.2, 0) is 15.6 Å². The van der Waals surface area contributed by atoms with Gasteiger partial charge in [0, 0.05) is 30.5 Å². The third-order valence-electron chi connectivity index (χ3n) is 6.55. The summed E-state index contributed by atoms with van der Waals surface area (Å²) in [7, 11) is 0. The highest BCUT2D eigenvalue weighted by Crippen LogP contribution is 2.35. The lowest BCUT2D eigenvalue weighted by molar-refractivity contribution is 0.0989. The van der Waals surface area contributed by atoms with E-state index in [9.17, 15) is 4.79 Å². The zero-order chi connectivity index (χ0) is 25.3. The molecule has 0 bridgehead atoms. The van der Waals surface area contributed by atoms with Gasteiger partial charge in [0.1, 0.15) is 6.10 Å². The molecular formula is C30H44N2O2. The Bertz CT molecular complexity index is 900. The number of ether oxygens (including phenoxy) is 1. The Balaban J connectivity index is 1.86. The van der Waals surface area contributed by atoms with Crippen molar-refractivity contribution >= 4 is 6.09 Å². The fourth-order valence-corrected chi connectivity index (χ4v) is 4.60. The summed E-state index contributed by atoms with van der Waals surface area (Å²) in [6.07, 6.45) is 0.294. The molecule has 2 aromatic rings. The topological polar surface area (TPSA) is 50.4 Å². The molecule has 1 amide bonds. The molecule has 2 aromatic carbocycles. The number of benzene rings is 2. The Labute approximate surface area is 206 Å². The molecule has 4 heteroatoms. The van der Waals surface area contributed by atoms with Crippen molar-refractivity contribution in [3.05, 3.63) is 70.8 Å². The van der Waals surface area contributed by atoms with Crippen LogP contribution in [0.5, 0.6) is 0 Å². The van der Waals surface area contributed by atoms with Gasteiger partial charge in [-0.25, -0.2) is 4.79 Å². The largest absolute Gasteiger partial charge is 0.445 e. The number of nitrogens with one attached hydrogen (secondary N) is 2. The van der Waals surface area contributed by atoms with Gasteiger partial charge in [0.2, 0.25) is 0 Å². The third kappa shape index (κ3) is 6.85. The van der Waals surface area contributed by atoms with Crippen LogP contribution in [0.4, 0.5) is 4.79 Å². The number of hydrogen-bond acceptors (Lipinski definition) is 3. The summed E-state index contributed by atoms with van der Waals surface area (Å²) in [4.78, 5) is 12.3. The first kappa shape index (κ1) is 26.3. The Morgan fingerprint density at radius 2 is 1.26 bits per heavy atom. The van der Waals surface area contributed by atoms with Crippen LogP contribution in [0, 0.1) is 0 Å². The third-order valence-corrected chi connectivity index (χ3v) is 6.55. The molecule has 1 heterocycles. The first-order valence-corrected chi connectivity index (χ1v) is 12.6. The Kier molecular flexibility index (Phi) is 7.52. The van der Waals surface area contributed by atoms with Crippen LogP contribution in [0.1, 0.15) is 96.9 Å². The van der Waals surface area contributed by atoms with Gasteiger partial charge in [0.15, 0.2) is 0 Å². The molecular weight excluding hydrogens is 420 g/mol. The van der Waals surface area contributed by atoms with Crippen molar-refractivity contribution in [3.8, 4) is 0 Å². The van der Waals surface area contributed by atoms with Gasteiger partial charge in [-0.15, -0.1) is 0 Å². The molecule has 0 radical (unpaired) electrons. The minimum absolute atomic E-state index is 0.118. The summed E-state index contributed by atoms with van der Waals surface area (Å²) < 4.78 is 5.75. The standard InChI is InChI=1S/C30H44N2O2/c1-28(2,3)22-14-10-20(11-15-22)26(21-12-16-23(17-13-21)29(4,5)6)25-18-24(19-31-25)34-27(33)32-30(7,8)9/h10-17,24-26,31H,18-19H2,1-9H3,(H,32,33)/t24-,25-/m1/s1. The monoisotopic (exact) mass is 464 g/mol. The van der Waals surface area contributed by atoms with E-state index in [1.54, 1.807) is 0 Å². The maximum atomic E-state index is 12.3. The van der Waals surface area contributed by atoms with Crippen molar-refractivity contribution in [3.63, 3.8) is 0 Å². The molecule has 1 aliphatic rings. The van der Waals surface area contributed by atoms with Gasteiger partial charge in [-0.2, -0.15) is 0 Å². The molecule has 3 rings (SSSR count). The van der Waals surface area contributed by atoms with E-state index in [-0.39, 0.29) is 40.5 Å². The number of hydrogen-bond donors (Lipinski definition) is 2. The van der Waals surface area contributed by atoms with Crippen molar-refractivity contribution in [1.29, 1.82) is 0 Å². The highest BCUT2D eigenvalue weighted by atomic mass is 16.6. The predicted molar refractivity (Wildman–Crippen MR) is 142 cm³/mol. The average molecular weight is 465 g/mol. The molecule has 1 saturated heterocycles. The summed E-state index contributed by atoms with van der Waals surface area (Å²) >= 11 is 0. The van der Waals surface area contributed by atoms with Crippen LogP contribution in [0.2, 0.25) is 0 Å². The molecule has 0 saturated carbocycles. The Morgan fingerprint density at radius 1 is 0.824 bits per heavy atom. The van der Waals surface area contributed by atoms with Gasteiger partial charge < -0.3 is 15.4 Å². The first-order valence-electron chi connectivity index (χ1n) is 12.6. The average Bonchev–Trinajstić information content (AvgIpc) is 3.14. The Morgan fingerprint density at radius 3 is 1.65 bits per heavy atom. The number of amides is 1. The Hall–Kier alpha value is -2.33. The maximum Gasteiger partial charge on any atom is 0.407 e. The summed E-state index contributed by atoms with van der Waals surface area (Å²) in [5.41, 5.74) is 5.16. The highest BCUT2D eigenvalue weighted by Gasteiger charge is 2.35. The number of alkyl carbamates (subject to hydrolysis) is 1. The zero-order valence-corrected chi connectivity index (χ0v) is 22.6. The van der Waals surface area contributed by atoms with E-state index in [1.165, 1.54) is 22.3 Å². The first-order chi connectivity index (χ1) is 15.6. The molecule has 0 aliphatic carbocycles. The van der Waals surface area contributed by atoms with E-state index in [0.717, 1.165) is 6.42 Å². The van der Waals surface area contributed by atoms with Crippen LogP contribution in [0.15, 0.2) is 48.5 Å². The van der Waals surface area contributed by atoms with Gasteiger partial charge in [0.05, 0.1) is 0 Å². The van der Waals surface area contributed by atoms with Crippen molar-refractivity contribution in [2.24, 2.45) is 0 Å². The number of carbonyl (C=O) groups is 1. The fourth-order valence-electron chi connectivity index (χ4n) is 4.60. The molecule has 186 valence electrons. The molecule has 1 fully saturated rings. The minimum atomic E-state index is -0.347. The quantitative estimate of drug-likeness (QED) is 0.531. The SMILES string of the molecule is CC(C)(C)NC(=O)O[C@H]1CN[C@@H](C(c2ccc(C(C)(C)C)cc2)c2ccc(C(C)(C)C)cc2)C1. The molecule has 1 aliphatic heterocycles. The predicted octanol–water partition coefficient (Wildman–Crippen LogP) is 6.67. The van der Waals surface area contributed by atoms with Crippen LogP contribution in [0.3, 0.4) is 0 Å². The maximum absolute atomic E-state index is 12.3. The van der Waals surface area contributed by atoms with Crippen LogP contribution in [0.25, 0.3) is 0 Å². The van der Waals surface area contributed by atoms with Gasteiger partial charge in [-0.1, -0.05) is 90.1 Å². The second kappa shape index (κ2) is 9.73. The van der Waals surface area contributed by atoms with Gasteiger partial charge in [-0.3, -0.25) is 0 Å². The van der Waals surface area contributed by atoms with Crippen molar-refractivity contribution in [2.75, 3.05) is 6.54 Å². The normalized spacial score (nSPS) is 19.4. The lowest BCUT2D eigenvalue weighted by Crippen LogP contribution is -2.42. The smallest absolute Gasteiger partial charge is 0.407 e. The molecule has 2 N–H and O–H groups in total. The van der Waals surface area contributed by atoms with E-state index in [0.29, 0.717) is 6.54 Å². The molecule has 0 unspecified atom stereocenters. The lowest BCUT2D eigenvalue weighted by atomic mass is 9.80. The van der Waals surface area contributed by atoms with Crippen LogP contribution >= 0.6 is 0 Å².